The molecule has 0 aliphatic carbocycles. The fourth-order valence-electron chi connectivity index (χ4n) is 1.67. The molecule has 0 amide bonds. The van der Waals surface area contributed by atoms with Crippen LogP contribution in [-0.4, -0.2) is 41.9 Å². The predicted octanol–water partition coefficient (Wildman–Crippen LogP) is -1.07. The van der Waals surface area contributed by atoms with Gasteiger partial charge >= 0.3 is 0 Å². The van der Waals surface area contributed by atoms with Crippen LogP contribution in [0, 0.1) is 0 Å². The second kappa shape index (κ2) is 5.53. The van der Waals surface area contributed by atoms with Gasteiger partial charge in [0.1, 0.15) is 0 Å². The molecule has 0 aromatic carbocycles. The number of ether oxygens (including phenoxy) is 1. The molecule has 0 spiro atoms. The first-order chi connectivity index (χ1) is 9.45. The number of aromatic nitrogens is 4. The number of hydrogen-bond acceptors (Lipinski definition) is 6. The number of primary sulfonamides is 1. The molecule has 0 aliphatic rings. The van der Waals surface area contributed by atoms with E-state index >= 15 is 0 Å². The van der Waals surface area contributed by atoms with E-state index in [1.54, 1.807) is 0 Å². The second-order valence-electron chi connectivity index (χ2n) is 3.92. The summed E-state index contributed by atoms with van der Waals surface area (Å²) < 4.78 is 29.1. The zero-order valence-electron chi connectivity index (χ0n) is 10.6. The van der Waals surface area contributed by atoms with Gasteiger partial charge in [0.15, 0.2) is 11.3 Å². The number of methoxy groups -OCH3 is 1. The highest BCUT2D eigenvalue weighted by Crippen LogP contribution is 2.16. The third kappa shape index (κ3) is 2.76. The Hall–Kier alpha value is -2.04. The van der Waals surface area contributed by atoms with Crippen molar-refractivity contribution in [1.29, 1.82) is 0 Å². The summed E-state index contributed by atoms with van der Waals surface area (Å²) in [4.78, 5) is 14.5. The molecule has 0 radical (unpaired) electrons. The van der Waals surface area contributed by atoms with E-state index in [9.17, 15) is 13.2 Å². The van der Waals surface area contributed by atoms with Gasteiger partial charge in [-0.3, -0.25) is 9.36 Å². The number of hydrogen-bond donors (Lipinski definition) is 2. The maximum Gasteiger partial charge on any atom is 0.273 e. The van der Waals surface area contributed by atoms with Crippen molar-refractivity contribution in [3.63, 3.8) is 0 Å². The van der Waals surface area contributed by atoms with Crippen LogP contribution in [0.5, 0.6) is 0 Å². The van der Waals surface area contributed by atoms with E-state index in [0.29, 0.717) is 0 Å². The maximum absolute atomic E-state index is 11.8. The number of nitrogens with zero attached hydrogens (tertiary/aromatic N) is 3. The molecule has 20 heavy (non-hydrogen) atoms. The first-order valence-electron chi connectivity index (χ1n) is 5.57. The highest BCUT2D eigenvalue weighted by molar-refractivity contribution is 7.89. The molecule has 0 saturated heterocycles. The van der Waals surface area contributed by atoms with E-state index in [4.69, 9.17) is 9.88 Å². The molecule has 2 aromatic rings. The van der Waals surface area contributed by atoms with Crippen molar-refractivity contribution in [1.82, 2.24) is 19.7 Å². The summed E-state index contributed by atoms with van der Waals surface area (Å²) in [6.45, 7) is 0.372. The molecule has 108 valence electrons. The van der Waals surface area contributed by atoms with Crippen LogP contribution in [0.15, 0.2) is 28.4 Å². The van der Waals surface area contributed by atoms with Crippen molar-refractivity contribution < 1.29 is 13.2 Å². The third-order valence-electron chi connectivity index (χ3n) is 2.56. The van der Waals surface area contributed by atoms with E-state index in [1.807, 2.05) is 0 Å². The van der Waals surface area contributed by atoms with Gasteiger partial charge < -0.3 is 9.72 Å². The second-order valence-corrected chi connectivity index (χ2v) is 5.37. The van der Waals surface area contributed by atoms with Crippen LogP contribution >= 0.6 is 0 Å². The average molecular weight is 299 g/mol. The summed E-state index contributed by atoms with van der Waals surface area (Å²) in [7, 11) is -2.57. The van der Waals surface area contributed by atoms with E-state index in [1.165, 1.54) is 30.1 Å². The maximum atomic E-state index is 11.8. The molecular weight excluding hydrogens is 286 g/mol. The first-order valence-corrected chi connectivity index (χ1v) is 7.12. The Morgan fingerprint density at radius 3 is 2.80 bits per heavy atom. The van der Waals surface area contributed by atoms with Gasteiger partial charge in [-0.05, 0) is 0 Å². The van der Waals surface area contributed by atoms with Gasteiger partial charge in [0.2, 0.25) is 0 Å². The summed E-state index contributed by atoms with van der Waals surface area (Å²) in [5.74, 6) is 0.118. The third-order valence-corrected chi connectivity index (χ3v) is 3.37. The number of aromatic amines is 1. The lowest BCUT2D eigenvalue weighted by Gasteiger charge is -2.08. The number of nitrogens with one attached hydrogen (secondary N) is 1. The first kappa shape index (κ1) is 14.4. The van der Waals surface area contributed by atoms with Crippen LogP contribution in [0.25, 0.3) is 11.4 Å². The summed E-state index contributed by atoms with van der Waals surface area (Å²) in [5.41, 5.74) is -0.109. The van der Waals surface area contributed by atoms with Crippen LogP contribution in [-0.2, 0) is 21.3 Å². The van der Waals surface area contributed by atoms with Crippen molar-refractivity contribution in [3.05, 3.63) is 28.7 Å². The van der Waals surface area contributed by atoms with E-state index in [2.05, 4.69) is 15.2 Å². The quantitative estimate of drug-likeness (QED) is 0.722. The van der Waals surface area contributed by atoms with Crippen molar-refractivity contribution in [2.24, 2.45) is 5.14 Å². The summed E-state index contributed by atoms with van der Waals surface area (Å²) in [6.07, 6.45) is 2.88. The molecule has 0 fully saturated rings. The average Bonchev–Trinajstić information content (AvgIpc) is 2.80. The fraction of sp³-hybridized carbons (Fsp3) is 0.300. The van der Waals surface area contributed by atoms with Gasteiger partial charge in [0, 0.05) is 25.6 Å². The topological polar surface area (TPSA) is 133 Å². The van der Waals surface area contributed by atoms with Gasteiger partial charge in [-0.25, -0.2) is 13.6 Å². The number of rotatable bonds is 5. The molecule has 2 aromatic heterocycles. The molecule has 0 atom stereocenters. The van der Waals surface area contributed by atoms with Crippen LogP contribution in [0.3, 0.4) is 0 Å². The standard InChI is InChI=1S/C10H13N5O4S/c1-19-5-4-15-9(7-6-12-3-2-8(7)16)13-14-10(15)20(11,17)18/h2-3,6H,4-5H2,1H3,(H,12,16)(H2,11,17,18). The number of H-pyrrole nitrogens is 1. The molecule has 3 N–H and O–H groups in total. The highest BCUT2D eigenvalue weighted by atomic mass is 32.2. The largest absolute Gasteiger partial charge is 0.383 e. The zero-order valence-corrected chi connectivity index (χ0v) is 11.4. The Morgan fingerprint density at radius 1 is 1.45 bits per heavy atom. The van der Waals surface area contributed by atoms with Gasteiger partial charge in [-0.15, -0.1) is 10.2 Å². The minimum absolute atomic E-state index is 0.118. The molecule has 2 heterocycles. The van der Waals surface area contributed by atoms with Crippen LogP contribution < -0.4 is 10.6 Å². The summed E-state index contributed by atoms with van der Waals surface area (Å²) in [5, 5.41) is 12.0. The molecule has 9 nitrogen and oxygen atoms in total. The van der Waals surface area contributed by atoms with E-state index in [0.717, 1.165) is 0 Å². The normalized spacial score (nSPS) is 11.7. The monoisotopic (exact) mass is 299 g/mol. The van der Waals surface area contributed by atoms with Crippen LogP contribution in [0.4, 0.5) is 0 Å². The Labute approximate surface area is 114 Å². The predicted molar refractivity (Wildman–Crippen MR) is 69.3 cm³/mol. The zero-order chi connectivity index (χ0) is 14.8. The number of nitrogens with two attached hydrogens (primary N) is 1. The molecule has 0 saturated carbocycles. The van der Waals surface area contributed by atoms with Gasteiger partial charge in [-0.1, -0.05) is 0 Å². The summed E-state index contributed by atoms with van der Waals surface area (Å²) in [6, 6.07) is 1.31. The van der Waals surface area contributed by atoms with Gasteiger partial charge in [-0.2, -0.15) is 0 Å². The van der Waals surface area contributed by atoms with Crippen molar-refractivity contribution in [2.75, 3.05) is 13.7 Å². The van der Waals surface area contributed by atoms with E-state index in [-0.39, 0.29) is 30.0 Å². The SMILES string of the molecule is COCCn1c(-c2c[nH]ccc2=O)nnc1S(N)(=O)=O. The molecule has 0 bridgehead atoms. The van der Waals surface area contributed by atoms with Crippen molar-refractivity contribution >= 4 is 10.0 Å². The minimum Gasteiger partial charge on any atom is -0.383 e. The van der Waals surface area contributed by atoms with Gasteiger partial charge in [0.25, 0.3) is 15.2 Å². The lowest BCUT2D eigenvalue weighted by Crippen LogP contribution is -2.21. The molecule has 0 unspecified atom stereocenters. The highest BCUT2D eigenvalue weighted by Gasteiger charge is 2.22. The molecule has 10 heteroatoms. The number of pyridine rings is 1. The Bertz CT molecular complexity index is 764. The smallest absolute Gasteiger partial charge is 0.273 e. The summed E-state index contributed by atoms with van der Waals surface area (Å²) >= 11 is 0. The molecular formula is C10H13N5O4S. The lowest BCUT2D eigenvalue weighted by atomic mass is 10.2. The fourth-order valence-corrected chi connectivity index (χ4v) is 2.31. The van der Waals surface area contributed by atoms with Crippen LogP contribution in [0.2, 0.25) is 0 Å². The molecule has 0 aliphatic heterocycles. The lowest BCUT2D eigenvalue weighted by molar-refractivity contribution is 0.185. The Balaban J connectivity index is 2.63. The Kier molecular flexibility index (Phi) is 3.97. The molecule has 2 rings (SSSR count). The Morgan fingerprint density at radius 2 is 2.20 bits per heavy atom. The minimum atomic E-state index is -4.04. The van der Waals surface area contributed by atoms with Crippen molar-refractivity contribution in [3.8, 4) is 11.4 Å². The van der Waals surface area contributed by atoms with Crippen molar-refractivity contribution in [2.45, 2.75) is 11.7 Å². The van der Waals surface area contributed by atoms with Gasteiger partial charge in [0.05, 0.1) is 18.7 Å². The van der Waals surface area contributed by atoms with Crippen LogP contribution in [0.1, 0.15) is 0 Å². The van der Waals surface area contributed by atoms with E-state index < -0.39 is 15.2 Å². The number of sulfonamides is 1.